The fourth-order valence-electron chi connectivity index (χ4n) is 4.11. The van der Waals surface area contributed by atoms with Gasteiger partial charge in [0.25, 0.3) is 0 Å². The SMILES string of the molecule is COc1cc(NC2CCCN(C(C)c3ccc(F)c(F)c3)C2=O)ccc1-n1cnc(C)c1. The van der Waals surface area contributed by atoms with Gasteiger partial charge in [-0.1, -0.05) is 6.07 Å². The van der Waals surface area contributed by atoms with Crippen LogP contribution in [0.3, 0.4) is 0 Å². The number of methoxy groups -OCH3 is 1. The maximum atomic E-state index is 13.7. The van der Waals surface area contributed by atoms with E-state index in [4.69, 9.17) is 4.74 Å². The second kappa shape index (κ2) is 8.98. The molecule has 3 aromatic rings. The number of carbonyl (C=O) groups excluding carboxylic acids is 1. The predicted octanol–water partition coefficient (Wildman–Crippen LogP) is 4.63. The topological polar surface area (TPSA) is 59.4 Å². The van der Waals surface area contributed by atoms with E-state index in [0.29, 0.717) is 24.3 Å². The molecule has 1 aliphatic rings. The molecule has 8 heteroatoms. The van der Waals surface area contributed by atoms with Crippen molar-refractivity contribution < 1.29 is 18.3 Å². The van der Waals surface area contributed by atoms with Crippen molar-refractivity contribution in [2.75, 3.05) is 19.0 Å². The van der Waals surface area contributed by atoms with E-state index in [1.54, 1.807) is 18.3 Å². The summed E-state index contributed by atoms with van der Waals surface area (Å²) in [7, 11) is 1.60. The number of carbonyl (C=O) groups is 1. The molecule has 2 unspecified atom stereocenters. The summed E-state index contributed by atoms with van der Waals surface area (Å²) in [6.07, 6.45) is 5.13. The van der Waals surface area contributed by atoms with Crippen LogP contribution in [-0.2, 0) is 4.79 Å². The van der Waals surface area contributed by atoms with Crippen LogP contribution in [-0.4, -0.2) is 40.1 Å². The lowest BCUT2D eigenvalue weighted by molar-refractivity contribution is -0.136. The second-order valence-corrected chi connectivity index (χ2v) is 8.03. The molecule has 0 spiro atoms. The zero-order valence-electron chi connectivity index (χ0n) is 18.3. The molecule has 0 saturated carbocycles. The Balaban J connectivity index is 1.51. The first kappa shape index (κ1) is 21.8. The molecule has 2 heterocycles. The Bertz CT molecular complexity index is 1130. The van der Waals surface area contributed by atoms with Gasteiger partial charge in [-0.25, -0.2) is 13.8 Å². The average Bonchev–Trinajstić information content (AvgIpc) is 3.22. The van der Waals surface area contributed by atoms with Crippen molar-refractivity contribution in [1.82, 2.24) is 14.5 Å². The minimum atomic E-state index is -0.909. The molecule has 0 radical (unpaired) electrons. The molecule has 168 valence electrons. The fraction of sp³-hybridized carbons (Fsp3) is 0.333. The lowest BCUT2D eigenvalue weighted by Crippen LogP contribution is -2.48. The standard InChI is InChI=1S/C24H26F2N4O2/c1-15-13-29(14-27-15)22-9-7-18(12-23(22)32-3)28-21-5-4-10-30(24(21)31)16(2)17-6-8-19(25)20(26)11-17/h6-9,11-14,16,21,28H,4-5,10H2,1-3H3. The van der Waals surface area contributed by atoms with Crippen LogP contribution in [0, 0.1) is 18.6 Å². The summed E-state index contributed by atoms with van der Waals surface area (Å²) in [4.78, 5) is 19.2. The number of aromatic nitrogens is 2. The van der Waals surface area contributed by atoms with Crippen LogP contribution in [0.25, 0.3) is 5.69 Å². The van der Waals surface area contributed by atoms with E-state index in [2.05, 4.69) is 10.3 Å². The molecule has 1 saturated heterocycles. The van der Waals surface area contributed by atoms with Crippen LogP contribution in [0.2, 0.25) is 0 Å². The van der Waals surface area contributed by atoms with Gasteiger partial charge in [0.2, 0.25) is 5.91 Å². The summed E-state index contributed by atoms with van der Waals surface area (Å²) >= 11 is 0. The number of nitrogens with zero attached hydrogens (tertiary/aromatic N) is 3. The van der Waals surface area contributed by atoms with Crippen LogP contribution < -0.4 is 10.1 Å². The Kier molecular flexibility index (Phi) is 6.12. The summed E-state index contributed by atoms with van der Waals surface area (Å²) in [6, 6.07) is 8.68. The maximum absolute atomic E-state index is 13.7. The molecule has 1 amide bonds. The molecule has 2 atom stereocenters. The number of hydrogen-bond donors (Lipinski definition) is 1. The summed E-state index contributed by atoms with van der Waals surface area (Å²) < 4.78 is 34.4. The first-order chi connectivity index (χ1) is 15.4. The van der Waals surface area contributed by atoms with Crippen LogP contribution in [0.5, 0.6) is 5.75 Å². The molecule has 32 heavy (non-hydrogen) atoms. The average molecular weight is 440 g/mol. The van der Waals surface area contributed by atoms with Crippen molar-refractivity contribution in [2.24, 2.45) is 0 Å². The molecule has 1 aromatic heterocycles. The molecule has 1 fully saturated rings. The Hall–Kier alpha value is -3.42. The van der Waals surface area contributed by atoms with Crippen molar-refractivity contribution in [2.45, 2.75) is 38.8 Å². The van der Waals surface area contributed by atoms with Gasteiger partial charge in [-0.15, -0.1) is 0 Å². The molecular weight excluding hydrogens is 414 g/mol. The smallest absolute Gasteiger partial charge is 0.245 e. The molecule has 0 bridgehead atoms. The minimum absolute atomic E-state index is 0.0678. The van der Waals surface area contributed by atoms with Crippen molar-refractivity contribution >= 4 is 11.6 Å². The highest BCUT2D eigenvalue weighted by Gasteiger charge is 2.32. The highest BCUT2D eigenvalue weighted by atomic mass is 19.2. The van der Waals surface area contributed by atoms with Crippen LogP contribution in [0.1, 0.15) is 37.1 Å². The lowest BCUT2D eigenvalue weighted by Gasteiger charge is -2.37. The zero-order valence-corrected chi connectivity index (χ0v) is 18.3. The van der Waals surface area contributed by atoms with E-state index in [9.17, 15) is 13.6 Å². The van der Waals surface area contributed by atoms with Crippen LogP contribution >= 0.6 is 0 Å². The van der Waals surface area contributed by atoms with Gasteiger partial charge in [0, 0.05) is 24.5 Å². The van der Waals surface area contributed by atoms with Crippen molar-refractivity contribution in [3.63, 3.8) is 0 Å². The molecular formula is C24H26F2N4O2. The highest BCUT2D eigenvalue weighted by Crippen LogP contribution is 2.30. The zero-order chi connectivity index (χ0) is 22.8. The normalized spacial score (nSPS) is 17.3. The Morgan fingerprint density at radius 2 is 2.00 bits per heavy atom. The molecule has 0 aliphatic carbocycles. The number of amides is 1. The van der Waals surface area contributed by atoms with Crippen molar-refractivity contribution in [3.8, 4) is 11.4 Å². The largest absolute Gasteiger partial charge is 0.494 e. The second-order valence-electron chi connectivity index (χ2n) is 8.03. The van der Waals surface area contributed by atoms with E-state index >= 15 is 0 Å². The van der Waals surface area contributed by atoms with Gasteiger partial charge in [-0.05, 0) is 56.5 Å². The maximum Gasteiger partial charge on any atom is 0.245 e. The van der Waals surface area contributed by atoms with Gasteiger partial charge < -0.3 is 19.5 Å². The number of benzene rings is 2. The minimum Gasteiger partial charge on any atom is -0.494 e. The number of aryl methyl sites for hydroxylation is 1. The van der Waals surface area contributed by atoms with Gasteiger partial charge in [0.05, 0.1) is 30.9 Å². The van der Waals surface area contributed by atoms with E-state index < -0.39 is 17.7 Å². The third-order valence-corrected chi connectivity index (χ3v) is 5.88. The number of likely N-dealkylation sites (tertiary alicyclic amines) is 1. The predicted molar refractivity (Wildman–Crippen MR) is 118 cm³/mol. The highest BCUT2D eigenvalue weighted by molar-refractivity contribution is 5.86. The number of nitrogens with one attached hydrogen (secondary N) is 1. The fourth-order valence-corrected chi connectivity index (χ4v) is 4.11. The van der Waals surface area contributed by atoms with Crippen molar-refractivity contribution in [3.05, 3.63) is 71.8 Å². The lowest BCUT2D eigenvalue weighted by atomic mass is 9.99. The molecule has 6 nitrogen and oxygen atoms in total. The molecule has 1 N–H and O–H groups in total. The van der Waals surface area contributed by atoms with E-state index in [1.807, 2.05) is 42.8 Å². The number of halogens is 2. The first-order valence-electron chi connectivity index (χ1n) is 10.6. The summed E-state index contributed by atoms with van der Waals surface area (Å²) in [6.45, 7) is 4.32. The third-order valence-electron chi connectivity index (χ3n) is 5.88. The number of hydrogen-bond acceptors (Lipinski definition) is 4. The Morgan fingerprint density at radius 1 is 1.19 bits per heavy atom. The van der Waals surface area contributed by atoms with Gasteiger partial charge >= 0.3 is 0 Å². The van der Waals surface area contributed by atoms with Gasteiger partial charge in [-0.2, -0.15) is 0 Å². The summed E-state index contributed by atoms with van der Waals surface area (Å²) in [5.74, 6) is -1.22. The summed E-state index contributed by atoms with van der Waals surface area (Å²) in [5, 5.41) is 3.32. The van der Waals surface area contributed by atoms with Gasteiger partial charge in [-0.3, -0.25) is 4.79 Å². The van der Waals surface area contributed by atoms with Crippen molar-refractivity contribution in [1.29, 1.82) is 0 Å². The molecule has 1 aliphatic heterocycles. The Labute approximate surface area is 185 Å². The van der Waals surface area contributed by atoms with E-state index in [1.165, 1.54) is 6.07 Å². The third kappa shape index (κ3) is 4.30. The summed E-state index contributed by atoms with van der Waals surface area (Å²) in [5.41, 5.74) is 3.09. The van der Waals surface area contributed by atoms with E-state index in [-0.39, 0.29) is 11.9 Å². The molecule has 2 aromatic carbocycles. The quantitative estimate of drug-likeness (QED) is 0.607. The number of ether oxygens (including phenoxy) is 1. The van der Waals surface area contributed by atoms with Gasteiger partial charge in [0.1, 0.15) is 11.8 Å². The van der Waals surface area contributed by atoms with Crippen LogP contribution in [0.15, 0.2) is 48.9 Å². The van der Waals surface area contributed by atoms with Gasteiger partial charge in [0.15, 0.2) is 11.6 Å². The van der Waals surface area contributed by atoms with Crippen LogP contribution in [0.4, 0.5) is 14.5 Å². The monoisotopic (exact) mass is 440 g/mol. The number of anilines is 1. The molecule has 4 rings (SSSR count). The number of imidazole rings is 1. The first-order valence-corrected chi connectivity index (χ1v) is 10.6. The Morgan fingerprint density at radius 3 is 2.69 bits per heavy atom. The number of rotatable bonds is 6. The number of piperidine rings is 1. The van der Waals surface area contributed by atoms with E-state index in [0.717, 1.165) is 35.6 Å².